The van der Waals surface area contributed by atoms with E-state index in [0.717, 1.165) is 38.2 Å². The van der Waals surface area contributed by atoms with Crippen molar-refractivity contribution < 1.29 is 9.53 Å². The Morgan fingerprint density at radius 2 is 1.54 bits per heavy atom. The van der Waals surface area contributed by atoms with Crippen LogP contribution in [0, 0.1) is 0 Å². The molecule has 2 aromatic rings. The van der Waals surface area contributed by atoms with Gasteiger partial charge in [-0.2, -0.15) is 0 Å². The molecule has 0 spiro atoms. The second-order valence-corrected chi connectivity index (χ2v) is 7.82. The van der Waals surface area contributed by atoms with Crippen LogP contribution in [0.2, 0.25) is 0 Å². The van der Waals surface area contributed by atoms with E-state index in [-0.39, 0.29) is 5.91 Å². The van der Waals surface area contributed by atoms with Crippen molar-refractivity contribution in [2.45, 2.75) is 45.2 Å². The van der Waals surface area contributed by atoms with Gasteiger partial charge in [0.05, 0.1) is 7.11 Å². The SMILES string of the molecule is COc1ccc(CCC(=O)N2CC(C)N(CCc3ccccc3)C(C)C2)cc1. The summed E-state index contributed by atoms with van der Waals surface area (Å²) < 4.78 is 5.19. The molecule has 1 aliphatic rings. The molecule has 1 saturated heterocycles. The molecule has 0 bridgehead atoms. The average molecular weight is 381 g/mol. The number of amides is 1. The van der Waals surface area contributed by atoms with E-state index in [1.807, 2.05) is 24.3 Å². The van der Waals surface area contributed by atoms with Crippen LogP contribution in [0.5, 0.6) is 5.75 Å². The largest absolute Gasteiger partial charge is 0.497 e. The average Bonchev–Trinajstić information content (AvgIpc) is 2.72. The first-order chi connectivity index (χ1) is 13.6. The van der Waals surface area contributed by atoms with Gasteiger partial charge in [0.1, 0.15) is 5.75 Å². The zero-order valence-electron chi connectivity index (χ0n) is 17.3. The van der Waals surface area contributed by atoms with Crippen molar-refractivity contribution in [1.82, 2.24) is 9.80 Å². The number of aryl methyl sites for hydroxylation is 1. The summed E-state index contributed by atoms with van der Waals surface area (Å²) in [6.45, 7) is 7.16. The number of ether oxygens (including phenoxy) is 1. The molecule has 1 heterocycles. The number of carbonyl (C=O) groups excluding carboxylic acids is 1. The minimum atomic E-state index is 0.261. The van der Waals surface area contributed by atoms with E-state index in [1.54, 1.807) is 7.11 Å². The monoisotopic (exact) mass is 380 g/mol. The zero-order valence-corrected chi connectivity index (χ0v) is 17.3. The van der Waals surface area contributed by atoms with Crippen molar-refractivity contribution in [3.63, 3.8) is 0 Å². The van der Waals surface area contributed by atoms with E-state index in [2.05, 4.69) is 54.0 Å². The van der Waals surface area contributed by atoms with Crippen LogP contribution in [0.25, 0.3) is 0 Å². The molecular formula is C24H32N2O2. The van der Waals surface area contributed by atoms with E-state index < -0.39 is 0 Å². The van der Waals surface area contributed by atoms with E-state index >= 15 is 0 Å². The summed E-state index contributed by atoms with van der Waals surface area (Å²) in [5.41, 5.74) is 2.55. The minimum absolute atomic E-state index is 0.261. The van der Waals surface area contributed by atoms with Crippen LogP contribution < -0.4 is 4.74 Å². The second-order valence-electron chi connectivity index (χ2n) is 7.82. The van der Waals surface area contributed by atoms with Gasteiger partial charge >= 0.3 is 0 Å². The molecule has 0 N–H and O–H groups in total. The first-order valence-corrected chi connectivity index (χ1v) is 10.3. The molecule has 0 radical (unpaired) electrons. The minimum Gasteiger partial charge on any atom is -0.497 e. The van der Waals surface area contributed by atoms with Crippen molar-refractivity contribution in [2.24, 2.45) is 0 Å². The van der Waals surface area contributed by atoms with Crippen LogP contribution in [-0.4, -0.2) is 54.5 Å². The maximum absolute atomic E-state index is 12.8. The summed E-state index contributed by atoms with van der Waals surface area (Å²) in [4.78, 5) is 17.3. The maximum Gasteiger partial charge on any atom is 0.223 e. The first-order valence-electron chi connectivity index (χ1n) is 10.3. The number of methoxy groups -OCH3 is 1. The second kappa shape index (κ2) is 9.74. The number of hydrogen-bond donors (Lipinski definition) is 0. The van der Waals surface area contributed by atoms with Gasteiger partial charge in [0.25, 0.3) is 0 Å². The summed E-state index contributed by atoms with van der Waals surface area (Å²) in [7, 11) is 1.67. The molecule has 3 rings (SSSR count). The third-order valence-electron chi connectivity index (χ3n) is 5.74. The molecule has 1 fully saturated rings. The molecule has 4 nitrogen and oxygen atoms in total. The number of hydrogen-bond acceptors (Lipinski definition) is 3. The van der Waals surface area contributed by atoms with E-state index in [4.69, 9.17) is 4.74 Å². The van der Waals surface area contributed by atoms with E-state index in [1.165, 1.54) is 11.1 Å². The molecule has 2 unspecified atom stereocenters. The zero-order chi connectivity index (χ0) is 19.9. The highest BCUT2D eigenvalue weighted by Gasteiger charge is 2.31. The molecule has 1 amide bonds. The lowest BCUT2D eigenvalue weighted by Gasteiger charge is -2.44. The first kappa shape index (κ1) is 20.4. The predicted molar refractivity (Wildman–Crippen MR) is 114 cm³/mol. The lowest BCUT2D eigenvalue weighted by atomic mass is 10.0. The van der Waals surface area contributed by atoms with Gasteiger partial charge in [-0.3, -0.25) is 9.69 Å². The number of piperazine rings is 1. The van der Waals surface area contributed by atoms with Gasteiger partial charge < -0.3 is 9.64 Å². The summed E-state index contributed by atoms with van der Waals surface area (Å²) >= 11 is 0. The van der Waals surface area contributed by atoms with Crippen LogP contribution >= 0.6 is 0 Å². The molecule has 28 heavy (non-hydrogen) atoms. The van der Waals surface area contributed by atoms with Crippen molar-refractivity contribution in [3.05, 3.63) is 65.7 Å². The molecule has 1 aliphatic heterocycles. The standard InChI is InChI=1S/C24H32N2O2/c1-19-17-25(24(27)14-11-22-9-12-23(28-3)13-10-22)18-20(2)26(19)16-15-21-7-5-4-6-8-21/h4-10,12-13,19-20H,11,14-18H2,1-3H3. The smallest absolute Gasteiger partial charge is 0.223 e. The third-order valence-corrected chi connectivity index (χ3v) is 5.74. The topological polar surface area (TPSA) is 32.8 Å². The molecular weight excluding hydrogens is 348 g/mol. The van der Waals surface area contributed by atoms with Crippen LogP contribution in [0.4, 0.5) is 0 Å². The lowest BCUT2D eigenvalue weighted by Crippen LogP contribution is -2.58. The fourth-order valence-corrected chi connectivity index (χ4v) is 4.11. The van der Waals surface area contributed by atoms with Gasteiger partial charge in [-0.1, -0.05) is 42.5 Å². The highest BCUT2D eigenvalue weighted by atomic mass is 16.5. The molecule has 2 aromatic carbocycles. The maximum atomic E-state index is 12.8. The van der Waals surface area contributed by atoms with Gasteiger partial charge in [0.15, 0.2) is 0 Å². The molecule has 0 aromatic heterocycles. The number of carbonyl (C=O) groups is 1. The van der Waals surface area contributed by atoms with Gasteiger partial charge in [0, 0.05) is 38.1 Å². The Labute approximate surface area is 169 Å². The van der Waals surface area contributed by atoms with E-state index in [0.29, 0.717) is 18.5 Å². The summed E-state index contributed by atoms with van der Waals surface area (Å²) in [5, 5.41) is 0. The molecule has 2 atom stereocenters. The Hall–Kier alpha value is -2.33. The van der Waals surface area contributed by atoms with Gasteiger partial charge in [-0.15, -0.1) is 0 Å². The Bertz CT molecular complexity index is 733. The fraction of sp³-hybridized carbons (Fsp3) is 0.458. The quantitative estimate of drug-likeness (QED) is 0.733. The Morgan fingerprint density at radius 3 is 2.14 bits per heavy atom. The number of benzene rings is 2. The lowest BCUT2D eigenvalue weighted by molar-refractivity contribution is -0.135. The van der Waals surface area contributed by atoms with Crippen molar-refractivity contribution in [2.75, 3.05) is 26.7 Å². The normalized spacial score (nSPS) is 20.2. The highest BCUT2D eigenvalue weighted by Crippen LogP contribution is 2.19. The highest BCUT2D eigenvalue weighted by molar-refractivity contribution is 5.76. The molecule has 0 saturated carbocycles. The number of nitrogens with zero attached hydrogens (tertiary/aromatic N) is 2. The third kappa shape index (κ3) is 5.35. The Balaban J connectivity index is 1.48. The molecule has 0 aliphatic carbocycles. The van der Waals surface area contributed by atoms with Crippen LogP contribution in [-0.2, 0) is 17.6 Å². The van der Waals surface area contributed by atoms with Gasteiger partial charge in [0.2, 0.25) is 5.91 Å². The van der Waals surface area contributed by atoms with Crippen molar-refractivity contribution in [1.29, 1.82) is 0 Å². The predicted octanol–water partition coefficient (Wildman–Crippen LogP) is 3.79. The number of rotatable bonds is 7. The van der Waals surface area contributed by atoms with Crippen LogP contribution in [0.3, 0.4) is 0 Å². The van der Waals surface area contributed by atoms with Crippen LogP contribution in [0.15, 0.2) is 54.6 Å². The summed E-state index contributed by atoms with van der Waals surface area (Å²) in [5.74, 6) is 1.11. The van der Waals surface area contributed by atoms with Gasteiger partial charge in [-0.05, 0) is 49.9 Å². The summed E-state index contributed by atoms with van der Waals surface area (Å²) in [6.07, 6.45) is 2.40. The Morgan fingerprint density at radius 1 is 0.929 bits per heavy atom. The van der Waals surface area contributed by atoms with E-state index in [9.17, 15) is 4.79 Å². The molecule has 150 valence electrons. The van der Waals surface area contributed by atoms with Crippen LogP contribution in [0.1, 0.15) is 31.4 Å². The fourth-order valence-electron chi connectivity index (χ4n) is 4.11. The molecule has 4 heteroatoms. The van der Waals surface area contributed by atoms with Gasteiger partial charge in [-0.25, -0.2) is 0 Å². The Kier molecular flexibility index (Phi) is 7.10. The van der Waals surface area contributed by atoms with Crippen molar-refractivity contribution >= 4 is 5.91 Å². The summed E-state index contributed by atoms with van der Waals surface area (Å²) in [6, 6.07) is 19.4. The van der Waals surface area contributed by atoms with Crippen molar-refractivity contribution in [3.8, 4) is 5.75 Å².